The Morgan fingerprint density at radius 2 is 1.54 bits per heavy atom. The molecular formula is C23H19ClN2O2. The van der Waals surface area contributed by atoms with E-state index in [-0.39, 0.29) is 19.0 Å². The third kappa shape index (κ3) is 4.13. The highest BCUT2D eigenvalue weighted by atomic mass is 35.5. The van der Waals surface area contributed by atoms with E-state index < -0.39 is 5.91 Å². The van der Waals surface area contributed by atoms with E-state index in [1.807, 2.05) is 60.7 Å². The zero-order valence-corrected chi connectivity index (χ0v) is 15.9. The van der Waals surface area contributed by atoms with Crippen LogP contribution in [0.5, 0.6) is 5.75 Å². The van der Waals surface area contributed by atoms with Gasteiger partial charge in [0.2, 0.25) is 0 Å². The monoisotopic (exact) mass is 390 g/mol. The molecule has 1 amide bonds. The number of benzene rings is 3. The smallest absolute Gasteiger partial charge is 0.255 e. The van der Waals surface area contributed by atoms with Crippen LogP contribution in [0, 0.1) is 0 Å². The summed E-state index contributed by atoms with van der Waals surface area (Å²) in [5.74, 6) is 0.101. The van der Waals surface area contributed by atoms with Gasteiger partial charge in [-0.05, 0) is 47.5 Å². The van der Waals surface area contributed by atoms with Crippen molar-refractivity contribution >= 4 is 29.2 Å². The van der Waals surface area contributed by atoms with Crippen molar-refractivity contribution in [1.82, 2.24) is 4.98 Å². The summed E-state index contributed by atoms with van der Waals surface area (Å²) in [5.41, 5.74) is 10.2. The topological polar surface area (TPSA) is 65.2 Å². The summed E-state index contributed by atoms with van der Waals surface area (Å²) in [6.07, 6.45) is 0. The lowest BCUT2D eigenvalue weighted by Crippen LogP contribution is -2.19. The first kappa shape index (κ1) is 19.4. The van der Waals surface area contributed by atoms with Crippen LogP contribution in [0.2, 0.25) is 0 Å². The van der Waals surface area contributed by atoms with Crippen LogP contribution < -0.4 is 10.5 Å². The second-order valence-electron chi connectivity index (χ2n) is 6.22. The van der Waals surface area contributed by atoms with Crippen molar-refractivity contribution in [3.05, 3.63) is 84.9 Å². The summed E-state index contributed by atoms with van der Waals surface area (Å²) in [7, 11) is 0. The minimum Gasteiger partial charge on any atom is -0.484 e. The Morgan fingerprint density at radius 3 is 2.25 bits per heavy atom. The molecule has 5 heteroatoms. The summed E-state index contributed by atoms with van der Waals surface area (Å²) < 4.78 is 5.33. The van der Waals surface area contributed by atoms with E-state index in [0.717, 1.165) is 33.3 Å². The van der Waals surface area contributed by atoms with Crippen LogP contribution in [0.4, 0.5) is 0 Å². The molecule has 0 aliphatic rings. The van der Waals surface area contributed by atoms with Gasteiger partial charge in [0.05, 0.1) is 11.2 Å². The van der Waals surface area contributed by atoms with E-state index in [1.54, 1.807) is 0 Å². The minimum absolute atomic E-state index is 0. The highest BCUT2D eigenvalue weighted by Gasteiger charge is 2.09. The van der Waals surface area contributed by atoms with Gasteiger partial charge in [0.15, 0.2) is 6.61 Å². The number of aromatic nitrogens is 1. The van der Waals surface area contributed by atoms with Gasteiger partial charge >= 0.3 is 0 Å². The van der Waals surface area contributed by atoms with Crippen molar-refractivity contribution in [2.45, 2.75) is 0 Å². The minimum atomic E-state index is -0.497. The summed E-state index contributed by atoms with van der Waals surface area (Å²) in [6.45, 7) is -0.133. The Bertz CT molecular complexity index is 1100. The third-order valence-electron chi connectivity index (χ3n) is 4.33. The lowest BCUT2D eigenvalue weighted by Gasteiger charge is -2.11. The number of halogens is 1. The van der Waals surface area contributed by atoms with Gasteiger partial charge in [-0.15, -0.1) is 12.4 Å². The van der Waals surface area contributed by atoms with E-state index in [4.69, 9.17) is 15.5 Å². The number of hydrogen-bond donors (Lipinski definition) is 1. The predicted molar refractivity (Wildman–Crippen MR) is 115 cm³/mol. The Balaban J connectivity index is 0.00000225. The number of nitrogens with zero attached hydrogens (tertiary/aromatic N) is 1. The standard InChI is InChI=1S/C23H18N2O2.ClH/c24-23(26)15-27-18-12-10-17(11-13-18)22-14-20(16-6-2-1-3-7-16)19-8-4-5-9-21(19)25-22;/h1-14H,15H2,(H2,24,26);1H. The fourth-order valence-electron chi connectivity index (χ4n) is 3.06. The molecule has 1 heterocycles. The van der Waals surface area contributed by atoms with E-state index in [2.05, 4.69) is 24.3 Å². The summed E-state index contributed by atoms with van der Waals surface area (Å²) in [6, 6.07) is 28.0. The van der Waals surface area contributed by atoms with Crippen LogP contribution >= 0.6 is 12.4 Å². The summed E-state index contributed by atoms with van der Waals surface area (Å²) in [5, 5.41) is 1.12. The molecule has 0 fully saturated rings. The number of ether oxygens (including phenoxy) is 1. The number of pyridine rings is 1. The SMILES string of the molecule is Cl.NC(=O)COc1ccc(-c2cc(-c3ccccc3)c3ccccc3n2)cc1. The van der Waals surface area contributed by atoms with Gasteiger partial charge in [-0.25, -0.2) is 4.98 Å². The molecule has 0 aliphatic heterocycles. The van der Waals surface area contributed by atoms with E-state index in [1.165, 1.54) is 0 Å². The van der Waals surface area contributed by atoms with Crippen LogP contribution in [0.25, 0.3) is 33.3 Å². The number of rotatable bonds is 5. The predicted octanol–water partition coefficient (Wildman–Crippen LogP) is 4.85. The molecular weight excluding hydrogens is 372 g/mol. The molecule has 3 aromatic carbocycles. The number of primary amides is 1. The van der Waals surface area contributed by atoms with Crippen molar-refractivity contribution in [1.29, 1.82) is 0 Å². The maximum Gasteiger partial charge on any atom is 0.255 e. The van der Waals surface area contributed by atoms with Crippen molar-refractivity contribution in [3.63, 3.8) is 0 Å². The highest BCUT2D eigenvalue weighted by molar-refractivity contribution is 5.96. The van der Waals surface area contributed by atoms with Gasteiger partial charge in [0.1, 0.15) is 5.75 Å². The number of fused-ring (bicyclic) bond motifs is 1. The lowest BCUT2D eigenvalue weighted by atomic mass is 9.98. The third-order valence-corrected chi connectivity index (χ3v) is 4.33. The first-order chi connectivity index (χ1) is 13.2. The molecule has 28 heavy (non-hydrogen) atoms. The lowest BCUT2D eigenvalue weighted by molar-refractivity contribution is -0.119. The van der Waals surface area contributed by atoms with Crippen molar-refractivity contribution in [2.75, 3.05) is 6.61 Å². The van der Waals surface area contributed by atoms with Gasteiger partial charge < -0.3 is 10.5 Å². The number of carbonyl (C=O) groups is 1. The molecule has 0 saturated heterocycles. The number of carbonyl (C=O) groups excluding carboxylic acids is 1. The average Bonchev–Trinajstić information content (AvgIpc) is 2.72. The molecule has 0 aliphatic carbocycles. The van der Waals surface area contributed by atoms with Crippen molar-refractivity contribution in [2.24, 2.45) is 5.73 Å². The Labute approximate surface area is 169 Å². The summed E-state index contributed by atoms with van der Waals surface area (Å²) >= 11 is 0. The van der Waals surface area contributed by atoms with Gasteiger partial charge in [-0.2, -0.15) is 0 Å². The Kier molecular flexibility index (Phi) is 5.92. The van der Waals surface area contributed by atoms with E-state index in [0.29, 0.717) is 5.75 Å². The quantitative estimate of drug-likeness (QED) is 0.529. The molecule has 0 atom stereocenters. The maximum absolute atomic E-state index is 10.8. The average molecular weight is 391 g/mol. The Morgan fingerprint density at radius 1 is 0.857 bits per heavy atom. The summed E-state index contributed by atoms with van der Waals surface area (Å²) in [4.78, 5) is 15.7. The molecule has 0 spiro atoms. The van der Waals surface area contributed by atoms with Crippen LogP contribution in [0.15, 0.2) is 84.9 Å². The Hall–Kier alpha value is -3.37. The number of amides is 1. The molecule has 4 rings (SSSR count). The molecule has 0 bridgehead atoms. The number of nitrogens with two attached hydrogens (primary N) is 1. The van der Waals surface area contributed by atoms with Gasteiger partial charge in [-0.1, -0.05) is 48.5 Å². The fraction of sp³-hybridized carbons (Fsp3) is 0.0435. The molecule has 1 aromatic heterocycles. The molecule has 0 radical (unpaired) electrons. The van der Waals surface area contributed by atoms with Crippen LogP contribution in [-0.2, 0) is 4.79 Å². The van der Waals surface area contributed by atoms with Gasteiger partial charge in [0, 0.05) is 10.9 Å². The first-order valence-corrected chi connectivity index (χ1v) is 8.67. The maximum atomic E-state index is 10.8. The van der Waals surface area contributed by atoms with Crippen LogP contribution in [0.1, 0.15) is 0 Å². The van der Waals surface area contributed by atoms with Crippen LogP contribution in [-0.4, -0.2) is 17.5 Å². The van der Waals surface area contributed by atoms with E-state index in [9.17, 15) is 4.79 Å². The van der Waals surface area contributed by atoms with E-state index >= 15 is 0 Å². The largest absolute Gasteiger partial charge is 0.484 e. The zero-order chi connectivity index (χ0) is 18.6. The normalized spacial score (nSPS) is 10.3. The molecule has 2 N–H and O–H groups in total. The van der Waals surface area contributed by atoms with Crippen LogP contribution in [0.3, 0.4) is 0 Å². The molecule has 4 nitrogen and oxygen atoms in total. The van der Waals surface area contributed by atoms with Gasteiger partial charge in [-0.3, -0.25) is 4.79 Å². The molecule has 0 saturated carbocycles. The van der Waals surface area contributed by atoms with Gasteiger partial charge in [0.25, 0.3) is 5.91 Å². The fourth-order valence-corrected chi connectivity index (χ4v) is 3.06. The molecule has 4 aromatic rings. The number of para-hydroxylation sites is 1. The second-order valence-corrected chi connectivity index (χ2v) is 6.22. The van der Waals surface area contributed by atoms with Crippen molar-refractivity contribution < 1.29 is 9.53 Å². The van der Waals surface area contributed by atoms with Crippen molar-refractivity contribution in [3.8, 4) is 28.1 Å². The highest BCUT2D eigenvalue weighted by Crippen LogP contribution is 2.32. The molecule has 0 unspecified atom stereocenters. The molecule has 140 valence electrons. The zero-order valence-electron chi connectivity index (χ0n) is 15.0. The first-order valence-electron chi connectivity index (χ1n) is 8.67. The number of hydrogen-bond acceptors (Lipinski definition) is 3. The second kappa shape index (κ2) is 8.55.